The summed E-state index contributed by atoms with van der Waals surface area (Å²) in [6, 6.07) is 14.0. The second kappa shape index (κ2) is 8.39. The number of hydrogen-bond acceptors (Lipinski definition) is 3. The highest BCUT2D eigenvalue weighted by Gasteiger charge is 2.15. The molecule has 0 saturated heterocycles. The van der Waals surface area contributed by atoms with E-state index in [4.69, 9.17) is 15.2 Å². The molecule has 0 aliphatic carbocycles. The lowest BCUT2D eigenvalue weighted by Gasteiger charge is -2.17. The van der Waals surface area contributed by atoms with Crippen molar-refractivity contribution in [1.82, 2.24) is 0 Å². The lowest BCUT2D eigenvalue weighted by molar-refractivity contribution is -0.118. The van der Waals surface area contributed by atoms with Gasteiger partial charge in [-0.2, -0.15) is 0 Å². The maximum Gasteiger partial charge on any atom is 0.218 e. The Hall–Kier alpha value is -2.49. The van der Waals surface area contributed by atoms with Crippen molar-refractivity contribution in [1.29, 1.82) is 0 Å². The standard InChI is InChI=1S/C20H25NO3/c1-14-12-15(5-11-19(14)24-3)4-6-17(13-20(21)22)16-7-9-18(23-2)10-8-16/h5,7-12,17H,4,6,13H2,1-3H3,(H2,21,22). The molecule has 0 bridgehead atoms. The minimum absolute atomic E-state index is 0.107. The molecule has 2 rings (SSSR count). The van der Waals surface area contributed by atoms with Gasteiger partial charge in [0.05, 0.1) is 14.2 Å². The van der Waals surface area contributed by atoms with Gasteiger partial charge in [0.2, 0.25) is 5.91 Å². The SMILES string of the molecule is COc1ccc(C(CCc2ccc(OC)c(C)c2)CC(N)=O)cc1. The number of benzene rings is 2. The molecule has 0 aromatic heterocycles. The molecule has 24 heavy (non-hydrogen) atoms. The van der Waals surface area contributed by atoms with Gasteiger partial charge in [0.1, 0.15) is 11.5 Å². The summed E-state index contributed by atoms with van der Waals surface area (Å²) in [6.45, 7) is 2.03. The zero-order valence-corrected chi connectivity index (χ0v) is 14.5. The predicted molar refractivity (Wildman–Crippen MR) is 95.6 cm³/mol. The van der Waals surface area contributed by atoms with Gasteiger partial charge in [0.25, 0.3) is 0 Å². The summed E-state index contributed by atoms with van der Waals surface area (Å²) in [6.07, 6.45) is 2.09. The van der Waals surface area contributed by atoms with E-state index in [2.05, 4.69) is 12.1 Å². The fourth-order valence-corrected chi connectivity index (χ4v) is 2.94. The van der Waals surface area contributed by atoms with Gasteiger partial charge >= 0.3 is 0 Å². The molecule has 0 aliphatic rings. The molecule has 4 nitrogen and oxygen atoms in total. The van der Waals surface area contributed by atoms with Crippen molar-refractivity contribution in [2.45, 2.75) is 32.1 Å². The van der Waals surface area contributed by atoms with E-state index in [0.717, 1.165) is 35.5 Å². The summed E-state index contributed by atoms with van der Waals surface area (Å²) in [5.41, 5.74) is 8.90. The van der Waals surface area contributed by atoms with Crippen LogP contribution in [0.5, 0.6) is 11.5 Å². The average Bonchev–Trinajstić information content (AvgIpc) is 2.58. The number of rotatable bonds is 8. The highest BCUT2D eigenvalue weighted by molar-refractivity contribution is 5.74. The number of carbonyl (C=O) groups is 1. The number of ether oxygens (including phenoxy) is 2. The first-order valence-corrected chi connectivity index (χ1v) is 8.09. The number of carbonyl (C=O) groups excluding carboxylic acids is 1. The number of hydrogen-bond donors (Lipinski definition) is 1. The number of methoxy groups -OCH3 is 2. The normalized spacial score (nSPS) is 11.8. The molecule has 0 spiro atoms. The average molecular weight is 327 g/mol. The summed E-state index contributed by atoms with van der Waals surface area (Å²) in [5, 5.41) is 0. The van der Waals surface area contributed by atoms with Crippen molar-refractivity contribution in [3.63, 3.8) is 0 Å². The molecule has 1 unspecified atom stereocenters. The zero-order valence-electron chi connectivity index (χ0n) is 14.5. The van der Waals surface area contributed by atoms with Gasteiger partial charge in [-0.1, -0.05) is 24.3 Å². The smallest absolute Gasteiger partial charge is 0.218 e. The van der Waals surface area contributed by atoms with Crippen LogP contribution in [0.3, 0.4) is 0 Å². The molecular weight excluding hydrogens is 302 g/mol. The van der Waals surface area contributed by atoms with E-state index in [9.17, 15) is 4.79 Å². The van der Waals surface area contributed by atoms with Crippen LogP contribution in [0.1, 0.15) is 35.4 Å². The molecule has 1 atom stereocenters. The highest BCUT2D eigenvalue weighted by atomic mass is 16.5. The van der Waals surface area contributed by atoms with Crippen molar-refractivity contribution >= 4 is 5.91 Å². The first kappa shape index (κ1) is 17.9. The van der Waals surface area contributed by atoms with E-state index >= 15 is 0 Å². The largest absolute Gasteiger partial charge is 0.497 e. The Labute approximate surface area is 143 Å². The van der Waals surface area contributed by atoms with Crippen molar-refractivity contribution < 1.29 is 14.3 Å². The van der Waals surface area contributed by atoms with Gasteiger partial charge in [0, 0.05) is 6.42 Å². The summed E-state index contributed by atoms with van der Waals surface area (Å²) in [7, 11) is 3.32. The quantitative estimate of drug-likeness (QED) is 0.806. The second-order valence-corrected chi connectivity index (χ2v) is 5.98. The number of amides is 1. The van der Waals surface area contributed by atoms with E-state index in [1.807, 2.05) is 37.3 Å². The highest BCUT2D eigenvalue weighted by Crippen LogP contribution is 2.28. The van der Waals surface area contributed by atoms with Crippen molar-refractivity contribution in [3.05, 3.63) is 59.2 Å². The summed E-state index contributed by atoms with van der Waals surface area (Å²) in [5.74, 6) is 1.53. The van der Waals surface area contributed by atoms with Crippen LogP contribution < -0.4 is 15.2 Å². The Morgan fingerprint density at radius 2 is 1.79 bits per heavy atom. The van der Waals surface area contributed by atoms with Crippen LogP contribution in [-0.2, 0) is 11.2 Å². The summed E-state index contributed by atoms with van der Waals surface area (Å²) < 4.78 is 10.5. The van der Waals surface area contributed by atoms with Crippen molar-refractivity contribution in [2.75, 3.05) is 14.2 Å². The minimum Gasteiger partial charge on any atom is -0.497 e. The van der Waals surface area contributed by atoms with E-state index in [1.54, 1.807) is 14.2 Å². The van der Waals surface area contributed by atoms with Crippen LogP contribution in [0, 0.1) is 6.92 Å². The van der Waals surface area contributed by atoms with E-state index < -0.39 is 0 Å². The van der Waals surface area contributed by atoms with E-state index in [-0.39, 0.29) is 11.8 Å². The first-order valence-electron chi connectivity index (χ1n) is 8.09. The second-order valence-electron chi connectivity index (χ2n) is 5.98. The molecule has 1 amide bonds. The van der Waals surface area contributed by atoms with Crippen molar-refractivity contribution in [3.8, 4) is 11.5 Å². The van der Waals surface area contributed by atoms with E-state index in [1.165, 1.54) is 5.56 Å². The monoisotopic (exact) mass is 327 g/mol. The minimum atomic E-state index is -0.276. The molecule has 128 valence electrons. The molecule has 4 heteroatoms. The number of primary amides is 1. The van der Waals surface area contributed by atoms with Gasteiger partial charge < -0.3 is 15.2 Å². The molecule has 0 saturated carbocycles. The molecular formula is C20H25NO3. The van der Waals surface area contributed by atoms with Crippen LogP contribution in [0.2, 0.25) is 0 Å². The summed E-state index contributed by atoms with van der Waals surface area (Å²) in [4.78, 5) is 11.4. The van der Waals surface area contributed by atoms with Crippen LogP contribution in [0.4, 0.5) is 0 Å². The molecule has 2 aromatic carbocycles. The fraction of sp³-hybridized carbons (Fsp3) is 0.350. The maximum atomic E-state index is 11.4. The molecule has 0 fully saturated rings. The third kappa shape index (κ3) is 4.75. The number of nitrogens with two attached hydrogens (primary N) is 1. The summed E-state index contributed by atoms with van der Waals surface area (Å²) >= 11 is 0. The lowest BCUT2D eigenvalue weighted by atomic mass is 9.89. The van der Waals surface area contributed by atoms with Gasteiger partial charge in [-0.15, -0.1) is 0 Å². The van der Waals surface area contributed by atoms with Crippen LogP contribution in [0.15, 0.2) is 42.5 Å². The lowest BCUT2D eigenvalue weighted by Crippen LogP contribution is -2.16. The maximum absolute atomic E-state index is 11.4. The molecule has 2 aromatic rings. The van der Waals surface area contributed by atoms with Crippen LogP contribution in [-0.4, -0.2) is 20.1 Å². The molecule has 2 N–H and O–H groups in total. The Morgan fingerprint density at radius 1 is 1.08 bits per heavy atom. The zero-order chi connectivity index (χ0) is 17.5. The Kier molecular flexibility index (Phi) is 6.24. The predicted octanol–water partition coefficient (Wildman–Crippen LogP) is 3.60. The fourth-order valence-electron chi connectivity index (χ4n) is 2.94. The first-order chi connectivity index (χ1) is 11.5. The molecule has 0 aliphatic heterocycles. The van der Waals surface area contributed by atoms with Gasteiger partial charge in [-0.25, -0.2) is 0 Å². The topological polar surface area (TPSA) is 61.6 Å². The van der Waals surface area contributed by atoms with Crippen LogP contribution in [0.25, 0.3) is 0 Å². The third-order valence-corrected chi connectivity index (χ3v) is 4.28. The van der Waals surface area contributed by atoms with Gasteiger partial charge in [-0.3, -0.25) is 4.79 Å². The third-order valence-electron chi connectivity index (χ3n) is 4.28. The molecule has 0 radical (unpaired) electrons. The van der Waals surface area contributed by atoms with Gasteiger partial charge in [0.15, 0.2) is 0 Å². The number of aryl methyl sites for hydroxylation is 2. The Morgan fingerprint density at radius 3 is 2.33 bits per heavy atom. The van der Waals surface area contributed by atoms with Crippen molar-refractivity contribution in [2.24, 2.45) is 5.73 Å². The van der Waals surface area contributed by atoms with E-state index in [0.29, 0.717) is 6.42 Å². The van der Waals surface area contributed by atoms with Gasteiger partial charge in [-0.05, 0) is 60.6 Å². The van der Waals surface area contributed by atoms with Crippen LogP contribution >= 0.6 is 0 Å². The molecule has 0 heterocycles. The Bertz CT molecular complexity index is 680. The Balaban J connectivity index is 2.10.